The first kappa shape index (κ1) is 22.4. The topological polar surface area (TPSA) is 61.9 Å². The van der Waals surface area contributed by atoms with Gasteiger partial charge in [-0.15, -0.1) is 0 Å². The van der Waals surface area contributed by atoms with E-state index in [1.807, 2.05) is 17.0 Å². The molecule has 1 aliphatic carbocycles. The number of amides is 2. The van der Waals surface area contributed by atoms with Gasteiger partial charge >= 0.3 is 0 Å². The Bertz CT molecular complexity index is 780. The molecule has 0 aromatic heterocycles. The number of benzene rings is 1. The summed E-state index contributed by atoms with van der Waals surface area (Å²) in [6, 6.07) is 6.22. The first-order valence-electron chi connectivity index (χ1n) is 11.8. The fraction of sp³-hybridized carbons (Fsp3) is 0.667. The van der Waals surface area contributed by atoms with Gasteiger partial charge in [-0.3, -0.25) is 14.5 Å². The van der Waals surface area contributed by atoms with Crippen molar-refractivity contribution in [2.24, 2.45) is 0 Å². The molecule has 1 aromatic rings. The van der Waals surface area contributed by atoms with Gasteiger partial charge in [0.1, 0.15) is 11.9 Å². The summed E-state index contributed by atoms with van der Waals surface area (Å²) in [5.74, 6) is 0.793. The lowest BCUT2D eigenvalue weighted by Crippen LogP contribution is -2.49. The van der Waals surface area contributed by atoms with E-state index in [9.17, 15) is 9.59 Å². The summed E-state index contributed by atoms with van der Waals surface area (Å²) in [5.41, 5.74) is 0.593. The molecule has 2 aliphatic heterocycles. The highest BCUT2D eigenvalue weighted by Gasteiger charge is 2.29. The predicted molar refractivity (Wildman–Crippen MR) is 122 cm³/mol. The number of nitrogens with zero attached hydrogens (tertiary/aromatic N) is 2. The van der Waals surface area contributed by atoms with Crippen LogP contribution in [0.15, 0.2) is 18.2 Å². The summed E-state index contributed by atoms with van der Waals surface area (Å²) in [4.78, 5) is 28.5. The number of hydrogen-bond donors (Lipinski definition) is 1. The van der Waals surface area contributed by atoms with Gasteiger partial charge in [0.2, 0.25) is 5.91 Å². The van der Waals surface area contributed by atoms with Gasteiger partial charge in [-0.25, -0.2) is 0 Å². The molecule has 0 bridgehead atoms. The van der Waals surface area contributed by atoms with Crippen LogP contribution in [0.3, 0.4) is 0 Å². The van der Waals surface area contributed by atoms with E-state index in [1.54, 1.807) is 13.0 Å². The molecule has 6 nitrogen and oxygen atoms in total. The number of carbonyl (C=O) groups is 2. The zero-order chi connectivity index (χ0) is 21.8. The maximum Gasteiger partial charge on any atom is 0.251 e. The SMILES string of the molecule is CC(=O)N1CCC(N2CCC(Oc3ccc(C(=O)NC4CCCC4)cc3Cl)CC2)CC1. The molecule has 170 valence electrons. The van der Waals surface area contributed by atoms with Crippen LogP contribution in [0.2, 0.25) is 5.02 Å². The average molecular weight is 448 g/mol. The molecule has 2 amide bonds. The molecule has 0 spiro atoms. The van der Waals surface area contributed by atoms with E-state index >= 15 is 0 Å². The van der Waals surface area contributed by atoms with Gasteiger partial charge in [-0.05, 0) is 56.7 Å². The second-order valence-electron chi connectivity index (χ2n) is 9.19. The minimum Gasteiger partial charge on any atom is -0.489 e. The molecule has 0 radical (unpaired) electrons. The number of ether oxygens (including phenoxy) is 1. The van der Waals surface area contributed by atoms with Crippen LogP contribution < -0.4 is 10.1 Å². The van der Waals surface area contributed by atoms with Crippen LogP contribution in [0.5, 0.6) is 5.75 Å². The lowest BCUT2D eigenvalue weighted by molar-refractivity contribution is -0.130. The van der Waals surface area contributed by atoms with Crippen LogP contribution in [0.4, 0.5) is 0 Å². The van der Waals surface area contributed by atoms with Gasteiger partial charge in [0.25, 0.3) is 5.91 Å². The number of rotatable bonds is 5. The van der Waals surface area contributed by atoms with Crippen molar-refractivity contribution in [1.29, 1.82) is 0 Å². The van der Waals surface area contributed by atoms with Crippen molar-refractivity contribution in [1.82, 2.24) is 15.1 Å². The number of halogens is 1. The molecule has 3 fully saturated rings. The van der Waals surface area contributed by atoms with Gasteiger partial charge in [0.05, 0.1) is 5.02 Å². The molecule has 3 aliphatic rings. The molecule has 2 heterocycles. The predicted octanol–water partition coefficient (Wildman–Crippen LogP) is 3.87. The molecule has 0 atom stereocenters. The molecule has 31 heavy (non-hydrogen) atoms. The van der Waals surface area contributed by atoms with Crippen LogP contribution in [0.1, 0.15) is 68.6 Å². The minimum absolute atomic E-state index is 0.0514. The largest absolute Gasteiger partial charge is 0.489 e. The minimum atomic E-state index is -0.0514. The summed E-state index contributed by atoms with van der Waals surface area (Å²) >= 11 is 6.45. The number of carbonyl (C=O) groups excluding carboxylic acids is 2. The third kappa shape index (κ3) is 5.72. The molecule has 1 saturated carbocycles. The third-order valence-corrected chi connectivity index (χ3v) is 7.38. The van der Waals surface area contributed by atoms with Crippen LogP contribution >= 0.6 is 11.6 Å². The Morgan fingerprint density at radius 2 is 1.68 bits per heavy atom. The van der Waals surface area contributed by atoms with E-state index in [0.717, 1.165) is 64.7 Å². The number of nitrogens with one attached hydrogen (secondary N) is 1. The van der Waals surface area contributed by atoms with Gasteiger partial charge in [-0.2, -0.15) is 0 Å². The molecular weight excluding hydrogens is 414 g/mol. The Morgan fingerprint density at radius 1 is 1.00 bits per heavy atom. The van der Waals surface area contributed by atoms with Gasteiger partial charge in [0.15, 0.2) is 0 Å². The van der Waals surface area contributed by atoms with Crippen LogP contribution in [-0.4, -0.2) is 66.0 Å². The second-order valence-corrected chi connectivity index (χ2v) is 9.60. The molecule has 2 saturated heterocycles. The van der Waals surface area contributed by atoms with Crippen molar-refractivity contribution in [3.05, 3.63) is 28.8 Å². The number of hydrogen-bond acceptors (Lipinski definition) is 4. The van der Waals surface area contributed by atoms with Crippen molar-refractivity contribution in [2.75, 3.05) is 26.2 Å². The average Bonchev–Trinajstić information content (AvgIpc) is 3.29. The normalized spacial score (nSPS) is 21.9. The number of piperidine rings is 2. The van der Waals surface area contributed by atoms with Gasteiger partial charge in [-0.1, -0.05) is 24.4 Å². The summed E-state index contributed by atoms with van der Waals surface area (Å²) < 4.78 is 6.20. The maximum absolute atomic E-state index is 12.5. The van der Waals surface area contributed by atoms with Crippen LogP contribution in [-0.2, 0) is 4.79 Å². The van der Waals surface area contributed by atoms with Crippen molar-refractivity contribution in [2.45, 2.75) is 76.5 Å². The highest BCUT2D eigenvalue weighted by atomic mass is 35.5. The molecule has 1 aromatic carbocycles. The Hall–Kier alpha value is -1.79. The van der Waals surface area contributed by atoms with Crippen molar-refractivity contribution >= 4 is 23.4 Å². The monoisotopic (exact) mass is 447 g/mol. The highest BCUT2D eigenvalue weighted by molar-refractivity contribution is 6.32. The van der Waals surface area contributed by atoms with Crippen LogP contribution in [0.25, 0.3) is 0 Å². The standard InChI is InChI=1S/C24H34ClN3O3/c1-17(29)27-12-8-20(9-13-27)28-14-10-21(11-15-28)31-23-7-6-18(16-22(23)25)24(30)26-19-4-2-3-5-19/h6-7,16,19-21H,2-5,8-15H2,1H3,(H,26,30). The Morgan fingerprint density at radius 3 is 2.29 bits per heavy atom. The Balaban J connectivity index is 1.25. The van der Waals surface area contributed by atoms with E-state index in [1.165, 1.54) is 12.8 Å². The summed E-state index contributed by atoms with van der Waals surface area (Å²) in [6.45, 7) is 5.41. The van der Waals surface area contributed by atoms with E-state index in [0.29, 0.717) is 28.4 Å². The fourth-order valence-corrected chi connectivity index (χ4v) is 5.39. The smallest absolute Gasteiger partial charge is 0.251 e. The summed E-state index contributed by atoms with van der Waals surface area (Å²) in [5, 5.41) is 3.60. The lowest BCUT2D eigenvalue weighted by Gasteiger charge is -2.41. The van der Waals surface area contributed by atoms with E-state index in [2.05, 4.69) is 10.2 Å². The number of likely N-dealkylation sites (tertiary alicyclic amines) is 2. The van der Waals surface area contributed by atoms with Crippen molar-refractivity contribution in [3.63, 3.8) is 0 Å². The first-order valence-corrected chi connectivity index (χ1v) is 12.1. The quantitative estimate of drug-likeness (QED) is 0.744. The summed E-state index contributed by atoms with van der Waals surface area (Å²) in [7, 11) is 0. The fourth-order valence-electron chi connectivity index (χ4n) is 5.16. The van der Waals surface area contributed by atoms with E-state index in [4.69, 9.17) is 16.3 Å². The molecule has 7 heteroatoms. The second kappa shape index (κ2) is 10.2. The summed E-state index contributed by atoms with van der Waals surface area (Å²) in [6.07, 6.45) is 8.70. The van der Waals surface area contributed by atoms with E-state index in [-0.39, 0.29) is 17.9 Å². The molecule has 4 rings (SSSR count). The Kier molecular flexibility index (Phi) is 7.39. The zero-order valence-corrected chi connectivity index (χ0v) is 19.2. The highest BCUT2D eigenvalue weighted by Crippen LogP contribution is 2.30. The van der Waals surface area contributed by atoms with Crippen molar-refractivity contribution in [3.8, 4) is 5.75 Å². The van der Waals surface area contributed by atoms with Gasteiger partial charge < -0.3 is 15.0 Å². The lowest BCUT2D eigenvalue weighted by atomic mass is 9.99. The molecule has 1 N–H and O–H groups in total. The first-order chi connectivity index (χ1) is 15.0. The molecule has 0 unspecified atom stereocenters. The maximum atomic E-state index is 12.5. The van der Waals surface area contributed by atoms with Crippen molar-refractivity contribution < 1.29 is 14.3 Å². The van der Waals surface area contributed by atoms with Gasteiger partial charge in [0, 0.05) is 50.7 Å². The zero-order valence-electron chi connectivity index (χ0n) is 18.4. The molecular formula is C24H34ClN3O3. The third-order valence-electron chi connectivity index (χ3n) is 7.08. The Labute approximate surface area is 190 Å². The van der Waals surface area contributed by atoms with Crippen LogP contribution in [0, 0.1) is 0 Å². The van der Waals surface area contributed by atoms with E-state index < -0.39 is 0 Å².